The number of benzene rings is 1. The number of thiazole rings is 1. The highest BCUT2D eigenvalue weighted by molar-refractivity contribution is 7.12. The third kappa shape index (κ3) is 29.9. The van der Waals surface area contributed by atoms with E-state index in [0.717, 1.165) is 57.7 Å². The average molecular weight is 1190 g/mol. The molecule has 9 aromatic rings. The van der Waals surface area contributed by atoms with Gasteiger partial charge in [-0.25, -0.2) is 9.97 Å². The largest absolute Gasteiger partial charge is 0.466 e. The van der Waals surface area contributed by atoms with Gasteiger partial charge >= 0.3 is 0 Å². The Balaban J connectivity index is 0.000000472. The number of rotatable bonds is 0. The second kappa shape index (κ2) is 37.8. The van der Waals surface area contributed by atoms with Crippen molar-refractivity contribution < 1.29 is 4.42 Å². The fourth-order valence-electron chi connectivity index (χ4n) is 8.48. The Morgan fingerprint density at radius 1 is 0.459 bits per heavy atom. The molecule has 0 spiro atoms. The number of aryl methyl sites for hydroxylation is 26. The summed E-state index contributed by atoms with van der Waals surface area (Å²) < 4.78 is 9.43. The zero-order valence-corrected chi connectivity index (χ0v) is 60.4. The van der Waals surface area contributed by atoms with Gasteiger partial charge in [0.05, 0.1) is 16.4 Å². The molecule has 10 heteroatoms. The Morgan fingerprint density at radius 3 is 1.32 bits per heavy atom. The van der Waals surface area contributed by atoms with Crippen LogP contribution in [-0.4, -0.2) is 34.1 Å². The fraction of sp³-hybridized carbons (Fsp3) is 0.453. The van der Waals surface area contributed by atoms with Gasteiger partial charge < -0.3 is 13.6 Å². The topological polar surface area (TPSA) is 87.4 Å². The molecular formula is C75H111N7OS2. The summed E-state index contributed by atoms with van der Waals surface area (Å²) in [7, 11) is 4.09. The van der Waals surface area contributed by atoms with Crippen molar-refractivity contribution in [1.82, 2.24) is 34.1 Å². The van der Waals surface area contributed by atoms with Crippen LogP contribution in [0.2, 0.25) is 0 Å². The van der Waals surface area contributed by atoms with Gasteiger partial charge in [-0.05, 0) is 291 Å². The molecule has 0 N–H and O–H groups in total. The van der Waals surface area contributed by atoms with Crippen molar-refractivity contribution in [3.8, 4) is 0 Å². The van der Waals surface area contributed by atoms with E-state index < -0.39 is 0 Å². The number of allylic oxidation sites excluding steroid dienone is 2. The molecule has 0 saturated carbocycles. The third-order valence-electron chi connectivity index (χ3n) is 15.2. The summed E-state index contributed by atoms with van der Waals surface area (Å²) in [6.07, 6.45) is 9.62. The highest BCUT2D eigenvalue weighted by Crippen LogP contribution is 2.29. The quantitative estimate of drug-likeness (QED) is 0.141. The molecule has 8 nitrogen and oxygen atoms in total. The molecule has 1 aliphatic rings. The molecular weight excluding hydrogens is 1080 g/mol. The van der Waals surface area contributed by atoms with Crippen molar-refractivity contribution in [1.29, 1.82) is 0 Å². The van der Waals surface area contributed by atoms with Gasteiger partial charge in [0.2, 0.25) is 0 Å². The van der Waals surface area contributed by atoms with E-state index >= 15 is 0 Å². The normalized spacial score (nSPS) is 12.4. The number of thiophene rings is 1. The van der Waals surface area contributed by atoms with E-state index in [1.807, 2.05) is 119 Å². The first-order chi connectivity index (χ1) is 39.4. The Labute approximate surface area is 525 Å². The lowest BCUT2D eigenvalue weighted by atomic mass is 10.0. The maximum Gasteiger partial charge on any atom is 0.105 e. The van der Waals surface area contributed by atoms with E-state index in [4.69, 9.17) is 4.42 Å². The minimum atomic E-state index is 0.829. The highest BCUT2D eigenvalue weighted by Gasteiger charge is 2.16. The van der Waals surface area contributed by atoms with Crippen LogP contribution < -0.4 is 0 Å². The molecule has 0 radical (unpaired) electrons. The fourth-order valence-corrected chi connectivity index (χ4v) is 10.2. The zero-order valence-electron chi connectivity index (χ0n) is 58.8. The molecule has 0 unspecified atom stereocenters. The molecule has 0 fully saturated rings. The van der Waals surface area contributed by atoms with Crippen LogP contribution in [0.5, 0.6) is 0 Å². The Hall–Kier alpha value is -6.49. The predicted molar refractivity (Wildman–Crippen MR) is 373 cm³/mol. The second-order valence-electron chi connectivity index (χ2n) is 23.5. The van der Waals surface area contributed by atoms with Gasteiger partial charge in [0.15, 0.2) is 0 Å². The van der Waals surface area contributed by atoms with Crippen LogP contribution in [-0.2, 0) is 14.1 Å². The SMILES string of the molecule is CC1=C[C@@H](C)[C@@H](C)C1.Cc1cc(C)c(C)cn1.Cc1cc(C)c(C)o1.Cc1cc(C)c(C)s1.Cc1cc(C)n(C)c1.Cc1ccc(C)c(C)c1.Cc1ccc(C)c(C)n1.Cc1cnc(C)c(C)c1.Cc1nc(C)c(C)s1.Cc1nc(C)n(C)c1C. The molecule has 85 heavy (non-hydrogen) atoms. The first kappa shape index (κ1) is 76.5. The van der Waals surface area contributed by atoms with Crippen LogP contribution in [0.15, 0.2) is 95.3 Å². The van der Waals surface area contributed by atoms with Crippen molar-refractivity contribution in [2.24, 2.45) is 25.9 Å². The van der Waals surface area contributed by atoms with Gasteiger partial charge in [-0.2, -0.15) is 0 Å². The standard InChI is InChI=1S/C9H12.3C8H11N.C8H14.C7H12N2.C7H11N.C7H10O.C7H10S.C6H9NS/c1-7-4-5-8(2)9(3)6-7;1-6-4-8(3)9-5-7(6)2;1-6-4-7(2)8(3)9-5-6;1-6-4-5-7(2)9-8(6)3;1-6-4-7(2)8(3)5-6;1-5-6(2)9(4)7(3)8-5;1-6-4-7(2)8(3)5-6;2*1-5-4-6(2)8-7(5)3;1-4-5(2)8-6(3)7-4/h4-6H,1-3H3;3*4-5H,1-3H3;4,7-8H,5H2,1-3H3;1-4H3;4-5H,1-3H3;2*4H,1-3H3;1-3H3/t;;;;7-,8+;;;;;/m....1...../s1. The summed E-state index contributed by atoms with van der Waals surface area (Å²) >= 11 is 3.63. The molecule has 0 aliphatic heterocycles. The Bertz CT molecular complexity index is 2990. The van der Waals surface area contributed by atoms with Gasteiger partial charge in [0.25, 0.3) is 0 Å². The number of nitrogens with zero attached hydrogens (tertiary/aromatic N) is 7. The smallest absolute Gasteiger partial charge is 0.105 e. The number of pyridine rings is 3. The number of aromatic nitrogens is 7. The molecule has 0 amide bonds. The minimum absolute atomic E-state index is 0.829. The van der Waals surface area contributed by atoms with Crippen LogP contribution in [0.1, 0.15) is 171 Å². The Morgan fingerprint density at radius 2 is 1.06 bits per heavy atom. The van der Waals surface area contributed by atoms with Gasteiger partial charge in [-0.1, -0.05) is 61.4 Å². The highest BCUT2D eigenvalue weighted by atomic mass is 32.1. The van der Waals surface area contributed by atoms with E-state index in [1.165, 1.54) is 104 Å². The number of hydrogen-bond acceptors (Lipinski definition) is 8. The van der Waals surface area contributed by atoms with Gasteiger partial charge in [0, 0.05) is 81.5 Å². The molecule has 0 saturated heterocycles. The van der Waals surface area contributed by atoms with E-state index in [9.17, 15) is 0 Å². The lowest BCUT2D eigenvalue weighted by Gasteiger charge is -2.05. The first-order valence-corrected chi connectivity index (χ1v) is 31.5. The molecule has 10 rings (SSSR count). The zero-order chi connectivity index (χ0) is 65.2. The number of imidazole rings is 1. The summed E-state index contributed by atoms with van der Waals surface area (Å²) in [5.41, 5.74) is 25.4. The van der Waals surface area contributed by atoms with E-state index in [-0.39, 0.29) is 0 Å². The maximum absolute atomic E-state index is 5.21. The summed E-state index contributed by atoms with van der Waals surface area (Å²) in [6, 6.07) is 21.3. The summed E-state index contributed by atoms with van der Waals surface area (Å²) in [4.78, 5) is 25.3. The van der Waals surface area contributed by atoms with Crippen LogP contribution in [0.4, 0.5) is 0 Å². The maximum atomic E-state index is 5.21. The first-order valence-electron chi connectivity index (χ1n) is 29.9. The van der Waals surface area contributed by atoms with Crippen LogP contribution in [0.25, 0.3) is 0 Å². The van der Waals surface area contributed by atoms with Crippen LogP contribution in [0, 0.1) is 192 Å². The molecule has 8 heterocycles. The van der Waals surface area contributed by atoms with Crippen LogP contribution in [0.3, 0.4) is 0 Å². The van der Waals surface area contributed by atoms with Crippen molar-refractivity contribution in [3.63, 3.8) is 0 Å². The average Bonchev–Trinajstić information content (AvgIpc) is 4.46. The van der Waals surface area contributed by atoms with Gasteiger partial charge in [-0.3, -0.25) is 15.0 Å². The van der Waals surface area contributed by atoms with Crippen molar-refractivity contribution in [3.05, 3.63) is 235 Å². The molecule has 0 bridgehead atoms. The van der Waals surface area contributed by atoms with E-state index in [1.54, 1.807) is 16.9 Å². The molecule has 1 aromatic carbocycles. The van der Waals surface area contributed by atoms with Crippen molar-refractivity contribution in [2.75, 3.05) is 0 Å². The van der Waals surface area contributed by atoms with Crippen LogP contribution >= 0.6 is 22.7 Å². The molecule has 8 aromatic heterocycles. The Kier molecular flexibility index (Phi) is 34.1. The minimum Gasteiger partial charge on any atom is -0.466 e. The molecule has 2 atom stereocenters. The number of hydrogen-bond donors (Lipinski definition) is 0. The molecule has 464 valence electrons. The monoisotopic (exact) mass is 1190 g/mol. The van der Waals surface area contributed by atoms with Gasteiger partial charge in [0.1, 0.15) is 17.3 Å². The summed E-state index contributed by atoms with van der Waals surface area (Å²) in [5, 5.41) is 1.17. The third-order valence-corrected chi connectivity index (χ3v) is 17.2. The molecule has 1 aliphatic carbocycles. The lowest BCUT2D eigenvalue weighted by Crippen LogP contribution is -1.96. The van der Waals surface area contributed by atoms with Crippen molar-refractivity contribution >= 4 is 22.7 Å². The van der Waals surface area contributed by atoms with Gasteiger partial charge in [-0.15, -0.1) is 22.7 Å². The van der Waals surface area contributed by atoms with Crippen molar-refractivity contribution in [2.45, 2.75) is 207 Å². The van der Waals surface area contributed by atoms with E-state index in [2.05, 4.69) is 227 Å². The second-order valence-corrected chi connectivity index (χ2v) is 26.4. The summed E-state index contributed by atoms with van der Waals surface area (Å²) in [5.74, 6) is 4.84. The lowest BCUT2D eigenvalue weighted by molar-refractivity contribution is 0.494. The predicted octanol–water partition coefficient (Wildman–Crippen LogP) is 21.2. The van der Waals surface area contributed by atoms with E-state index in [0.29, 0.717) is 0 Å². The number of furan rings is 1. The summed E-state index contributed by atoms with van der Waals surface area (Å²) in [6.45, 7) is 60.6.